The van der Waals surface area contributed by atoms with Gasteiger partial charge in [-0.2, -0.15) is 0 Å². The smallest absolute Gasteiger partial charge is 0.221 e. The fourth-order valence-electron chi connectivity index (χ4n) is 0.976. The van der Waals surface area contributed by atoms with Crippen LogP contribution in [0.5, 0.6) is 0 Å². The lowest BCUT2D eigenvalue weighted by molar-refractivity contribution is -0.121. The molecule has 0 aliphatic heterocycles. The van der Waals surface area contributed by atoms with Gasteiger partial charge in [-0.25, -0.2) is 0 Å². The van der Waals surface area contributed by atoms with E-state index in [2.05, 4.69) is 10.2 Å². The molecular weight excluding hydrogens is 194 g/mol. The van der Waals surface area contributed by atoms with Crippen molar-refractivity contribution >= 4 is 5.91 Å². The van der Waals surface area contributed by atoms with Crippen LogP contribution >= 0.6 is 0 Å². The van der Waals surface area contributed by atoms with E-state index in [-0.39, 0.29) is 11.9 Å². The van der Waals surface area contributed by atoms with E-state index in [1.54, 1.807) is 0 Å². The molecule has 90 valence electrons. The second-order valence-electron chi connectivity index (χ2n) is 3.95. The molecule has 1 unspecified atom stereocenters. The monoisotopic (exact) mass is 217 g/mol. The zero-order valence-electron chi connectivity index (χ0n) is 9.95. The summed E-state index contributed by atoms with van der Waals surface area (Å²) >= 11 is 0. The van der Waals surface area contributed by atoms with Crippen molar-refractivity contribution in [3.63, 3.8) is 0 Å². The molecule has 0 heterocycles. The highest BCUT2D eigenvalue weighted by Crippen LogP contribution is 1.85. The SMILES string of the molecule is CC(N)CC(=O)NCCOCCN(C)C. The summed E-state index contributed by atoms with van der Waals surface area (Å²) in [6.45, 7) is 4.51. The van der Waals surface area contributed by atoms with E-state index in [1.807, 2.05) is 21.0 Å². The number of nitrogens with two attached hydrogens (primary N) is 1. The molecule has 0 aromatic heterocycles. The van der Waals surface area contributed by atoms with Crippen molar-refractivity contribution in [2.75, 3.05) is 40.4 Å². The van der Waals surface area contributed by atoms with E-state index in [9.17, 15) is 4.79 Å². The number of hydrogen-bond donors (Lipinski definition) is 2. The number of ether oxygens (including phenoxy) is 1. The van der Waals surface area contributed by atoms with Crippen molar-refractivity contribution in [2.45, 2.75) is 19.4 Å². The number of carbonyl (C=O) groups excluding carboxylic acids is 1. The third-order valence-corrected chi connectivity index (χ3v) is 1.76. The summed E-state index contributed by atoms with van der Waals surface area (Å²) in [5, 5.41) is 2.74. The molecule has 15 heavy (non-hydrogen) atoms. The van der Waals surface area contributed by atoms with E-state index in [0.717, 1.165) is 6.54 Å². The number of nitrogens with zero attached hydrogens (tertiary/aromatic N) is 1. The third kappa shape index (κ3) is 11.3. The van der Waals surface area contributed by atoms with E-state index in [4.69, 9.17) is 10.5 Å². The first-order chi connectivity index (χ1) is 7.02. The van der Waals surface area contributed by atoms with Gasteiger partial charge >= 0.3 is 0 Å². The van der Waals surface area contributed by atoms with Crippen molar-refractivity contribution in [3.05, 3.63) is 0 Å². The van der Waals surface area contributed by atoms with Gasteiger partial charge in [-0.05, 0) is 21.0 Å². The van der Waals surface area contributed by atoms with Gasteiger partial charge in [0.05, 0.1) is 13.2 Å². The van der Waals surface area contributed by atoms with Gasteiger partial charge in [-0.3, -0.25) is 4.79 Å². The van der Waals surface area contributed by atoms with Crippen LogP contribution < -0.4 is 11.1 Å². The number of nitrogens with one attached hydrogen (secondary N) is 1. The average molecular weight is 217 g/mol. The molecule has 0 saturated heterocycles. The normalized spacial score (nSPS) is 12.9. The Morgan fingerprint density at radius 2 is 2.13 bits per heavy atom. The summed E-state index contributed by atoms with van der Waals surface area (Å²) < 4.78 is 5.31. The Labute approximate surface area is 91.9 Å². The van der Waals surface area contributed by atoms with Gasteiger partial charge in [0.1, 0.15) is 0 Å². The van der Waals surface area contributed by atoms with Crippen LogP contribution in [0, 0.1) is 0 Å². The Morgan fingerprint density at radius 3 is 2.67 bits per heavy atom. The molecule has 5 nitrogen and oxygen atoms in total. The van der Waals surface area contributed by atoms with Gasteiger partial charge in [0.25, 0.3) is 0 Å². The third-order valence-electron chi connectivity index (χ3n) is 1.76. The molecule has 0 fully saturated rings. The largest absolute Gasteiger partial charge is 0.378 e. The Bertz CT molecular complexity index is 172. The van der Waals surface area contributed by atoms with E-state index < -0.39 is 0 Å². The Balaban J connectivity index is 3.20. The van der Waals surface area contributed by atoms with Crippen LogP contribution in [0.15, 0.2) is 0 Å². The van der Waals surface area contributed by atoms with Crippen LogP contribution in [0.25, 0.3) is 0 Å². The van der Waals surface area contributed by atoms with E-state index >= 15 is 0 Å². The van der Waals surface area contributed by atoms with Gasteiger partial charge in [0, 0.05) is 25.6 Å². The molecule has 0 bridgehead atoms. The van der Waals surface area contributed by atoms with Gasteiger partial charge in [0.15, 0.2) is 0 Å². The molecule has 0 spiro atoms. The standard InChI is InChI=1S/C10H23N3O2/c1-9(11)8-10(14)12-4-6-15-7-5-13(2)3/h9H,4-8,11H2,1-3H3,(H,12,14). The molecule has 0 aliphatic carbocycles. The Kier molecular flexibility index (Phi) is 8.27. The number of rotatable bonds is 8. The second kappa shape index (κ2) is 8.64. The van der Waals surface area contributed by atoms with Gasteiger partial charge in [-0.15, -0.1) is 0 Å². The molecule has 3 N–H and O–H groups in total. The van der Waals surface area contributed by atoms with Crippen LogP contribution in [0.3, 0.4) is 0 Å². The Hall–Kier alpha value is -0.650. The predicted molar refractivity (Wildman–Crippen MR) is 60.6 cm³/mol. The molecule has 0 radical (unpaired) electrons. The molecule has 1 amide bonds. The van der Waals surface area contributed by atoms with Crippen molar-refractivity contribution in [2.24, 2.45) is 5.73 Å². The lowest BCUT2D eigenvalue weighted by Crippen LogP contribution is -2.32. The molecule has 0 aliphatic rings. The lowest BCUT2D eigenvalue weighted by atomic mass is 10.2. The van der Waals surface area contributed by atoms with Gasteiger partial charge < -0.3 is 20.7 Å². The fraction of sp³-hybridized carbons (Fsp3) is 0.900. The molecule has 0 aromatic rings. The number of likely N-dealkylation sites (N-methyl/N-ethyl adjacent to an activating group) is 1. The minimum Gasteiger partial charge on any atom is -0.378 e. The molecule has 5 heteroatoms. The molecule has 1 atom stereocenters. The first-order valence-corrected chi connectivity index (χ1v) is 5.27. The first kappa shape index (κ1) is 14.3. The van der Waals surface area contributed by atoms with Gasteiger partial charge in [0.2, 0.25) is 5.91 Å². The molecule has 0 rings (SSSR count). The van der Waals surface area contributed by atoms with E-state index in [1.165, 1.54) is 0 Å². The maximum atomic E-state index is 11.1. The van der Waals surface area contributed by atoms with E-state index in [0.29, 0.717) is 26.2 Å². The summed E-state index contributed by atoms with van der Waals surface area (Å²) in [5.74, 6) is -0.0128. The van der Waals surface area contributed by atoms with Crippen molar-refractivity contribution < 1.29 is 9.53 Å². The zero-order chi connectivity index (χ0) is 11.7. The minimum atomic E-state index is -0.0836. The Morgan fingerprint density at radius 1 is 1.47 bits per heavy atom. The quantitative estimate of drug-likeness (QED) is 0.534. The summed E-state index contributed by atoms with van der Waals surface area (Å²) in [7, 11) is 3.99. The predicted octanol–water partition coefficient (Wildman–Crippen LogP) is -0.582. The lowest BCUT2D eigenvalue weighted by Gasteiger charge is -2.10. The number of amides is 1. The summed E-state index contributed by atoms with van der Waals surface area (Å²) in [5.41, 5.74) is 5.48. The van der Waals surface area contributed by atoms with Crippen LogP contribution in [-0.4, -0.2) is 57.2 Å². The highest BCUT2D eigenvalue weighted by atomic mass is 16.5. The minimum absolute atomic E-state index is 0.0128. The van der Waals surface area contributed by atoms with Crippen molar-refractivity contribution in [1.82, 2.24) is 10.2 Å². The fourth-order valence-corrected chi connectivity index (χ4v) is 0.976. The summed E-state index contributed by atoms with van der Waals surface area (Å²) in [6, 6.07) is -0.0836. The first-order valence-electron chi connectivity index (χ1n) is 5.27. The molecule has 0 saturated carbocycles. The van der Waals surface area contributed by atoms with Crippen LogP contribution in [0.1, 0.15) is 13.3 Å². The highest BCUT2D eigenvalue weighted by molar-refractivity contribution is 5.76. The molecule has 0 aromatic carbocycles. The van der Waals surface area contributed by atoms with Crippen LogP contribution in [-0.2, 0) is 9.53 Å². The highest BCUT2D eigenvalue weighted by Gasteiger charge is 2.03. The number of carbonyl (C=O) groups is 1. The van der Waals surface area contributed by atoms with Gasteiger partial charge in [-0.1, -0.05) is 0 Å². The zero-order valence-corrected chi connectivity index (χ0v) is 9.95. The van der Waals surface area contributed by atoms with Crippen molar-refractivity contribution in [1.29, 1.82) is 0 Å². The summed E-state index contributed by atoms with van der Waals surface area (Å²) in [4.78, 5) is 13.2. The van der Waals surface area contributed by atoms with Crippen LogP contribution in [0.2, 0.25) is 0 Å². The maximum absolute atomic E-state index is 11.1. The van der Waals surface area contributed by atoms with Crippen LogP contribution in [0.4, 0.5) is 0 Å². The summed E-state index contributed by atoms with van der Waals surface area (Å²) in [6.07, 6.45) is 0.373. The maximum Gasteiger partial charge on any atom is 0.221 e. The number of hydrogen-bond acceptors (Lipinski definition) is 4. The van der Waals surface area contributed by atoms with Crippen molar-refractivity contribution in [3.8, 4) is 0 Å². The molecular formula is C10H23N3O2. The average Bonchev–Trinajstić information content (AvgIpc) is 2.09. The second-order valence-corrected chi connectivity index (χ2v) is 3.95. The topological polar surface area (TPSA) is 67.6 Å².